The summed E-state index contributed by atoms with van der Waals surface area (Å²) in [4.78, 5) is 0. The molecule has 0 radical (unpaired) electrons. The molecule has 3 fully saturated rings. The second-order valence-electron chi connectivity index (χ2n) is 7.05. The summed E-state index contributed by atoms with van der Waals surface area (Å²) in [6.07, 6.45) is 18.6. The molecule has 1 saturated heterocycles. The van der Waals surface area contributed by atoms with E-state index in [9.17, 15) is 0 Å². The van der Waals surface area contributed by atoms with E-state index < -0.39 is 0 Å². The highest BCUT2D eigenvalue weighted by atomic mass is 16.5. The Morgan fingerprint density at radius 2 is 1.17 bits per heavy atom. The maximum atomic E-state index is 5.00. The first-order chi connectivity index (χ1) is 8.93. The van der Waals surface area contributed by atoms with E-state index in [2.05, 4.69) is 0 Å². The molecule has 104 valence electrons. The molecule has 1 N–H and O–H groups in total. The van der Waals surface area contributed by atoms with Gasteiger partial charge in [0.1, 0.15) is 6.61 Å². The summed E-state index contributed by atoms with van der Waals surface area (Å²) in [5, 5.41) is 0. The van der Waals surface area contributed by atoms with Gasteiger partial charge in [0.05, 0.1) is 0 Å². The fourth-order valence-electron chi connectivity index (χ4n) is 4.80. The van der Waals surface area contributed by atoms with Crippen molar-refractivity contribution in [3.8, 4) is 0 Å². The lowest BCUT2D eigenvalue weighted by molar-refractivity contribution is -0.179. The minimum atomic E-state index is 0.756. The van der Waals surface area contributed by atoms with E-state index in [0.29, 0.717) is 0 Å². The number of ether oxygens (including phenoxy) is 1. The topological polar surface area (TPSA) is 12.8 Å². The lowest BCUT2D eigenvalue weighted by atomic mass is 9.72. The van der Waals surface area contributed by atoms with Crippen LogP contribution in [-0.4, -0.2) is 17.4 Å². The maximum absolute atomic E-state index is 5.00. The van der Waals surface area contributed by atoms with Gasteiger partial charge in [-0.15, -0.1) is 0 Å². The Labute approximate surface area is 113 Å². The van der Waals surface area contributed by atoms with Gasteiger partial charge in [-0.2, -0.15) is 0 Å². The van der Waals surface area contributed by atoms with Gasteiger partial charge < -0.3 is 4.74 Å². The monoisotopic (exact) mass is 251 g/mol. The van der Waals surface area contributed by atoms with Crippen LogP contribution < -0.4 is 0 Å². The van der Waals surface area contributed by atoms with Crippen LogP contribution in [-0.2, 0) is 0 Å². The van der Waals surface area contributed by atoms with Crippen LogP contribution in [0.1, 0.15) is 77.0 Å². The van der Waals surface area contributed by atoms with Crippen LogP contribution in [0.2, 0.25) is 0 Å². The van der Waals surface area contributed by atoms with Gasteiger partial charge in [0, 0.05) is 18.8 Å². The second kappa shape index (κ2) is 6.41. The van der Waals surface area contributed by atoms with Crippen molar-refractivity contribution in [2.24, 2.45) is 17.8 Å². The summed E-state index contributed by atoms with van der Waals surface area (Å²) in [7, 11) is 0. The SMILES string of the molecule is C1CCC(C2CC[OH+]C(C3CCCCC3)C2)CC1. The van der Waals surface area contributed by atoms with E-state index in [4.69, 9.17) is 4.74 Å². The lowest BCUT2D eigenvalue weighted by Gasteiger charge is -2.37. The molecule has 0 spiro atoms. The smallest absolute Gasteiger partial charge is 0.157 e. The summed E-state index contributed by atoms with van der Waals surface area (Å²) in [5.74, 6) is 3.07. The van der Waals surface area contributed by atoms with E-state index in [1.807, 2.05) is 0 Å². The molecule has 2 atom stereocenters. The molecule has 1 aliphatic heterocycles. The molecule has 2 saturated carbocycles. The van der Waals surface area contributed by atoms with Crippen molar-refractivity contribution in [1.29, 1.82) is 0 Å². The van der Waals surface area contributed by atoms with Gasteiger partial charge in [0.15, 0.2) is 6.10 Å². The minimum Gasteiger partial charge on any atom is -0.431 e. The summed E-state index contributed by atoms with van der Waals surface area (Å²) >= 11 is 0. The Hall–Kier alpha value is -0.0400. The summed E-state index contributed by atoms with van der Waals surface area (Å²) in [5.41, 5.74) is 0. The van der Waals surface area contributed by atoms with Gasteiger partial charge in [-0.25, -0.2) is 0 Å². The zero-order chi connectivity index (χ0) is 12.2. The Balaban J connectivity index is 1.53. The first kappa shape index (κ1) is 13.0. The molecule has 1 nitrogen and oxygen atoms in total. The van der Waals surface area contributed by atoms with Crippen molar-refractivity contribution >= 4 is 0 Å². The van der Waals surface area contributed by atoms with Gasteiger partial charge in [-0.05, 0) is 24.7 Å². The molecular weight excluding hydrogens is 220 g/mol. The molecule has 2 unspecified atom stereocenters. The zero-order valence-corrected chi connectivity index (χ0v) is 11.9. The zero-order valence-electron chi connectivity index (χ0n) is 11.9. The third-order valence-corrected chi connectivity index (χ3v) is 5.92. The number of aliphatic hydroxyl groups is 2. The number of hydrogen-bond acceptors (Lipinski definition) is 0. The number of rotatable bonds is 2. The predicted molar refractivity (Wildman–Crippen MR) is 76.7 cm³/mol. The lowest BCUT2D eigenvalue weighted by Crippen LogP contribution is -2.38. The largest absolute Gasteiger partial charge is 0.431 e. The third-order valence-electron chi connectivity index (χ3n) is 5.92. The molecule has 18 heavy (non-hydrogen) atoms. The quantitative estimate of drug-likeness (QED) is 0.643. The van der Waals surface area contributed by atoms with Crippen LogP contribution in [0.15, 0.2) is 0 Å². The fourth-order valence-corrected chi connectivity index (χ4v) is 4.80. The van der Waals surface area contributed by atoms with Crippen LogP contribution in [0.5, 0.6) is 0 Å². The highest BCUT2D eigenvalue weighted by molar-refractivity contribution is 4.83. The van der Waals surface area contributed by atoms with E-state index >= 15 is 0 Å². The number of hydrogen-bond donors (Lipinski definition) is 0. The van der Waals surface area contributed by atoms with E-state index in [1.165, 1.54) is 83.7 Å². The molecule has 1 heterocycles. The Kier molecular flexibility index (Phi) is 4.62. The van der Waals surface area contributed by atoms with Crippen molar-refractivity contribution in [1.82, 2.24) is 0 Å². The van der Waals surface area contributed by atoms with Crippen molar-refractivity contribution in [3.63, 3.8) is 0 Å². The summed E-state index contributed by atoms with van der Waals surface area (Å²) in [6.45, 7) is 1.18. The molecule has 3 aliphatic rings. The minimum absolute atomic E-state index is 0.756. The molecule has 0 aromatic carbocycles. The molecule has 0 aromatic heterocycles. The maximum Gasteiger partial charge on any atom is 0.157 e. The first-order valence-electron chi connectivity index (χ1n) is 8.60. The van der Waals surface area contributed by atoms with Crippen molar-refractivity contribution in [2.75, 3.05) is 6.61 Å². The normalized spacial score (nSPS) is 36.7. The molecule has 3 rings (SSSR count). The van der Waals surface area contributed by atoms with Crippen molar-refractivity contribution in [3.05, 3.63) is 0 Å². The van der Waals surface area contributed by atoms with Crippen molar-refractivity contribution < 1.29 is 4.74 Å². The second-order valence-corrected chi connectivity index (χ2v) is 7.05. The average molecular weight is 251 g/mol. The highest BCUT2D eigenvalue weighted by Crippen LogP contribution is 2.39. The van der Waals surface area contributed by atoms with Crippen LogP contribution in [0.4, 0.5) is 0 Å². The van der Waals surface area contributed by atoms with Gasteiger partial charge in [0.2, 0.25) is 0 Å². The standard InChI is InChI=1S/C17H30O/c1-3-7-14(8-4-1)16-11-12-18-17(13-16)15-9-5-2-6-10-15/h14-17H,1-13H2/p+1. The predicted octanol–water partition coefficient (Wildman–Crippen LogP) is 4.45. The molecule has 0 amide bonds. The van der Waals surface area contributed by atoms with Crippen LogP contribution in [0, 0.1) is 17.8 Å². The Bertz CT molecular complexity index is 214. The highest BCUT2D eigenvalue weighted by Gasteiger charge is 2.37. The van der Waals surface area contributed by atoms with Crippen LogP contribution >= 0.6 is 0 Å². The Morgan fingerprint density at radius 3 is 1.83 bits per heavy atom. The molecule has 0 bridgehead atoms. The molecule has 0 aromatic rings. The fraction of sp³-hybridized carbons (Fsp3) is 1.00. The molecule has 1 heteroatoms. The van der Waals surface area contributed by atoms with Gasteiger partial charge in [0.25, 0.3) is 0 Å². The van der Waals surface area contributed by atoms with E-state index in [1.54, 1.807) is 0 Å². The van der Waals surface area contributed by atoms with E-state index in [0.717, 1.165) is 23.9 Å². The molecule has 2 aliphatic carbocycles. The average Bonchev–Trinajstić information content (AvgIpc) is 2.49. The van der Waals surface area contributed by atoms with Crippen LogP contribution in [0.3, 0.4) is 0 Å². The van der Waals surface area contributed by atoms with Crippen molar-refractivity contribution in [2.45, 2.75) is 83.2 Å². The van der Waals surface area contributed by atoms with Gasteiger partial charge in [-0.1, -0.05) is 51.4 Å². The molecular formula is C17H31O+. The van der Waals surface area contributed by atoms with Crippen LogP contribution in [0.25, 0.3) is 0 Å². The third kappa shape index (κ3) is 3.10. The van der Waals surface area contributed by atoms with Gasteiger partial charge in [-0.3, -0.25) is 0 Å². The van der Waals surface area contributed by atoms with E-state index in [-0.39, 0.29) is 0 Å². The summed E-state index contributed by atoms with van der Waals surface area (Å²) in [6, 6.07) is 0. The first-order valence-corrected chi connectivity index (χ1v) is 8.60. The Morgan fingerprint density at radius 1 is 0.556 bits per heavy atom. The van der Waals surface area contributed by atoms with Gasteiger partial charge >= 0.3 is 0 Å². The summed E-state index contributed by atoms with van der Waals surface area (Å²) < 4.78 is 5.00.